The van der Waals surface area contributed by atoms with Crippen molar-refractivity contribution in [3.05, 3.63) is 22.7 Å². The zero-order chi connectivity index (χ0) is 17.5. The molecule has 0 radical (unpaired) electrons. The Morgan fingerprint density at radius 3 is 2.52 bits per heavy atom. The van der Waals surface area contributed by atoms with Gasteiger partial charge in [-0.1, -0.05) is 29.8 Å². The molecule has 1 rings (SSSR count). The summed E-state index contributed by atoms with van der Waals surface area (Å²) in [4.78, 5) is 2.49. The van der Waals surface area contributed by atoms with Gasteiger partial charge >= 0.3 is 0 Å². The summed E-state index contributed by atoms with van der Waals surface area (Å²) in [7, 11) is -2.14. The Labute approximate surface area is 148 Å². The van der Waals surface area contributed by atoms with Gasteiger partial charge in [0.15, 0.2) is 0 Å². The third-order valence-electron chi connectivity index (χ3n) is 3.78. The molecule has 23 heavy (non-hydrogen) atoms. The summed E-state index contributed by atoms with van der Waals surface area (Å²) >= 11 is 3.30. The van der Waals surface area contributed by atoms with Gasteiger partial charge < -0.3 is 9.64 Å². The minimum absolute atomic E-state index is 0.126. The van der Waals surface area contributed by atoms with E-state index >= 15 is 0 Å². The van der Waals surface area contributed by atoms with E-state index in [4.69, 9.17) is 4.74 Å². The summed E-state index contributed by atoms with van der Waals surface area (Å²) < 4.78 is 33.7. The molecule has 0 amide bonds. The number of sulfonamides is 1. The molecule has 5 nitrogen and oxygen atoms in total. The molecule has 0 heterocycles. The van der Waals surface area contributed by atoms with Crippen molar-refractivity contribution >= 4 is 26.0 Å². The highest BCUT2D eigenvalue weighted by Crippen LogP contribution is 2.27. The molecule has 0 aromatic heterocycles. The summed E-state index contributed by atoms with van der Waals surface area (Å²) in [6, 6.07) is 4.83. The van der Waals surface area contributed by atoms with Crippen LogP contribution in [-0.4, -0.2) is 46.1 Å². The maximum absolute atomic E-state index is 12.6. The predicted molar refractivity (Wildman–Crippen MR) is 97.5 cm³/mol. The third kappa shape index (κ3) is 6.41. The highest BCUT2D eigenvalue weighted by atomic mass is 79.9. The van der Waals surface area contributed by atoms with Crippen molar-refractivity contribution in [1.82, 2.24) is 9.62 Å². The van der Waals surface area contributed by atoms with E-state index in [1.165, 1.54) is 7.11 Å². The normalized spacial score (nSPS) is 13.3. The number of nitrogens with one attached hydrogen (secondary N) is 1. The fraction of sp³-hybridized carbons (Fsp3) is 0.625. The molecule has 0 fully saturated rings. The van der Waals surface area contributed by atoms with E-state index in [2.05, 4.69) is 39.4 Å². The van der Waals surface area contributed by atoms with E-state index in [9.17, 15) is 8.42 Å². The van der Waals surface area contributed by atoms with Crippen LogP contribution in [0.4, 0.5) is 0 Å². The molecular weight excluding hydrogens is 380 g/mol. The topological polar surface area (TPSA) is 58.6 Å². The zero-order valence-electron chi connectivity index (χ0n) is 14.3. The lowest BCUT2D eigenvalue weighted by atomic mass is 10.2. The zero-order valence-corrected chi connectivity index (χ0v) is 16.7. The molecule has 0 saturated carbocycles. The first-order valence-corrected chi connectivity index (χ1v) is 10.2. The smallest absolute Gasteiger partial charge is 0.244 e. The molecule has 0 unspecified atom stereocenters. The second-order valence-electron chi connectivity index (χ2n) is 5.49. The first-order chi connectivity index (χ1) is 10.8. The average molecular weight is 407 g/mol. The summed E-state index contributed by atoms with van der Waals surface area (Å²) in [5.74, 6) is 0.344. The number of rotatable bonds is 10. The van der Waals surface area contributed by atoms with Crippen LogP contribution in [0.2, 0.25) is 0 Å². The van der Waals surface area contributed by atoms with Crippen LogP contribution < -0.4 is 9.46 Å². The van der Waals surface area contributed by atoms with Crippen LogP contribution in [0.3, 0.4) is 0 Å². The molecule has 0 aliphatic rings. The third-order valence-corrected chi connectivity index (χ3v) is 5.88. The monoisotopic (exact) mass is 406 g/mol. The molecule has 0 saturated heterocycles. The Kier molecular flexibility index (Phi) is 8.53. The molecule has 1 atom stereocenters. The number of benzene rings is 1. The average Bonchev–Trinajstić information content (AvgIpc) is 2.51. The molecule has 0 spiro atoms. The molecule has 0 aliphatic carbocycles. The quantitative estimate of drug-likeness (QED) is 0.647. The van der Waals surface area contributed by atoms with Crippen LogP contribution in [0.25, 0.3) is 0 Å². The molecule has 7 heteroatoms. The summed E-state index contributed by atoms with van der Waals surface area (Å²) in [5, 5.41) is 0. The van der Waals surface area contributed by atoms with E-state index in [1.807, 2.05) is 6.92 Å². The number of nitrogens with zero attached hydrogens (tertiary/aromatic N) is 1. The summed E-state index contributed by atoms with van der Waals surface area (Å²) in [6.07, 6.45) is 1.76. The SMILES string of the molecule is CCN(CC)CCC[C@@H](C)NS(=O)(=O)c1cc(Br)ccc1OC. The van der Waals surface area contributed by atoms with Gasteiger partial charge in [0.1, 0.15) is 10.6 Å². The molecule has 0 aliphatic heterocycles. The highest BCUT2D eigenvalue weighted by Gasteiger charge is 2.22. The van der Waals surface area contributed by atoms with Crippen molar-refractivity contribution in [3.63, 3.8) is 0 Å². The lowest BCUT2D eigenvalue weighted by Gasteiger charge is -2.20. The Balaban J connectivity index is 2.69. The molecule has 132 valence electrons. The van der Waals surface area contributed by atoms with Crippen molar-refractivity contribution in [2.75, 3.05) is 26.7 Å². The first-order valence-electron chi connectivity index (χ1n) is 7.92. The van der Waals surface area contributed by atoms with Gasteiger partial charge in [0.2, 0.25) is 10.0 Å². The lowest BCUT2D eigenvalue weighted by Crippen LogP contribution is -2.34. The standard InChI is InChI=1S/C16H27BrN2O3S/c1-5-19(6-2)11-7-8-13(3)18-23(20,21)16-12-14(17)9-10-15(16)22-4/h9-10,12-13,18H,5-8,11H2,1-4H3/t13-/m1/s1. The molecule has 1 aromatic carbocycles. The molecule has 1 aromatic rings. The van der Waals surface area contributed by atoms with Crippen molar-refractivity contribution in [3.8, 4) is 5.75 Å². The summed E-state index contributed by atoms with van der Waals surface area (Å²) in [6.45, 7) is 9.19. The predicted octanol–water partition coefficient (Wildman–Crippen LogP) is 3.25. The van der Waals surface area contributed by atoms with Crippen LogP contribution in [0.15, 0.2) is 27.6 Å². The van der Waals surface area contributed by atoms with Gasteiger partial charge in [-0.15, -0.1) is 0 Å². The number of hydrogen-bond acceptors (Lipinski definition) is 4. The van der Waals surface area contributed by atoms with Gasteiger partial charge in [-0.25, -0.2) is 13.1 Å². The van der Waals surface area contributed by atoms with Crippen molar-refractivity contribution in [2.24, 2.45) is 0 Å². The second kappa shape index (κ2) is 9.61. The Bertz CT molecular complexity index is 589. The Morgan fingerprint density at radius 2 is 1.96 bits per heavy atom. The van der Waals surface area contributed by atoms with Crippen molar-refractivity contribution in [1.29, 1.82) is 0 Å². The number of methoxy groups -OCH3 is 1. The summed E-state index contributed by atoms with van der Waals surface area (Å²) in [5.41, 5.74) is 0. The minimum Gasteiger partial charge on any atom is -0.495 e. The molecule has 0 bridgehead atoms. The van der Waals surface area contributed by atoms with Gasteiger partial charge in [-0.3, -0.25) is 0 Å². The van der Waals surface area contributed by atoms with Gasteiger partial charge in [-0.05, 0) is 57.6 Å². The van der Waals surface area contributed by atoms with E-state index in [1.54, 1.807) is 18.2 Å². The Morgan fingerprint density at radius 1 is 1.30 bits per heavy atom. The highest BCUT2D eigenvalue weighted by molar-refractivity contribution is 9.10. The van der Waals surface area contributed by atoms with Crippen LogP contribution in [0.5, 0.6) is 5.75 Å². The molecule has 1 N–H and O–H groups in total. The van der Waals surface area contributed by atoms with Crippen molar-refractivity contribution in [2.45, 2.75) is 44.6 Å². The Hall–Kier alpha value is -0.630. The number of halogens is 1. The van der Waals surface area contributed by atoms with Gasteiger partial charge in [0.05, 0.1) is 7.11 Å². The van der Waals surface area contributed by atoms with E-state index in [-0.39, 0.29) is 10.9 Å². The number of hydrogen-bond donors (Lipinski definition) is 1. The molecular formula is C16H27BrN2O3S. The maximum Gasteiger partial charge on any atom is 0.244 e. The maximum atomic E-state index is 12.6. The largest absolute Gasteiger partial charge is 0.495 e. The van der Waals surface area contributed by atoms with Crippen LogP contribution in [0, 0.1) is 0 Å². The fourth-order valence-corrected chi connectivity index (χ4v) is 4.39. The van der Waals surface area contributed by atoms with Gasteiger partial charge in [-0.2, -0.15) is 0 Å². The van der Waals surface area contributed by atoms with E-state index in [0.29, 0.717) is 10.2 Å². The van der Waals surface area contributed by atoms with Gasteiger partial charge in [0.25, 0.3) is 0 Å². The fourth-order valence-electron chi connectivity index (χ4n) is 2.41. The lowest BCUT2D eigenvalue weighted by molar-refractivity contribution is 0.293. The van der Waals surface area contributed by atoms with E-state index < -0.39 is 10.0 Å². The second-order valence-corrected chi connectivity index (χ2v) is 8.08. The van der Waals surface area contributed by atoms with Crippen molar-refractivity contribution < 1.29 is 13.2 Å². The van der Waals surface area contributed by atoms with Gasteiger partial charge in [0, 0.05) is 10.5 Å². The van der Waals surface area contributed by atoms with Crippen LogP contribution >= 0.6 is 15.9 Å². The van der Waals surface area contributed by atoms with E-state index in [0.717, 1.165) is 32.5 Å². The van der Waals surface area contributed by atoms with Crippen LogP contribution in [-0.2, 0) is 10.0 Å². The number of ether oxygens (including phenoxy) is 1. The first kappa shape index (κ1) is 20.4. The van der Waals surface area contributed by atoms with Crippen LogP contribution in [0.1, 0.15) is 33.6 Å². The minimum atomic E-state index is -3.61.